The Labute approximate surface area is 65.1 Å². The fourth-order valence-corrected chi connectivity index (χ4v) is 2.29. The molecule has 0 spiro atoms. The number of rotatable bonds is 1. The maximum absolute atomic E-state index is 10.8. The van der Waals surface area contributed by atoms with Gasteiger partial charge in [0, 0.05) is 5.92 Å². The summed E-state index contributed by atoms with van der Waals surface area (Å²) >= 11 is 5.41. The van der Waals surface area contributed by atoms with Crippen LogP contribution >= 0.6 is 11.6 Å². The maximum atomic E-state index is 10.8. The predicted molar refractivity (Wildman–Crippen MR) is 39.7 cm³/mol. The molecule has 0 amide bonds. The minimum absolute atomic E-state index is 0.136. The van der Waals surface area contributed by atoms with Gasteiger partial charge in [-0.2, -0.15) is 0 Å². The zero-order chi connectivity index (χ0) is 7.14. The van der Waals surface area contributed by atoms with Crippen LogP contribution in [0.25, 0.3) is 0 Å². The molecule has 0 aliphatic heterocycles. The molecule has 1 saturated carbocycles. The van der Waals surface area contributed by atoms with Gasteiger partial charge in [0.25, 0.3) is 0 Å². The van der Waals surface area contributed by atoms with Gasteiger partial charge in [0.05, 0.1) is 0 Å². The minimum Gasteiger partial charge on any atom is -0.281 e. The van der Waals surface area contributed by atoms with Crippen LogP contribution < -0.4 is 0 Å². The summed E-state index contributed by atoms with van der Waals surface area (Å²) in [6.07, 6.45) is 6.49. The standard InChI is InChI=1S/C8H9ClO/c9-8(10)7-4-5-1-2-6(7)3-5/h1-2,5-7H,3-4H2/t5-,6+,7-/m0/s1. The Morgan fingerprint density at radius 1 is 1.40 bits per heavy atom. The molecule has 0 N–H and O–H groups in total. The molecule has 1 fully saturated rings. The molecule has 2 heteroatoms. The first kappa shape index (κ1) is 6.41. The Hall–Kier alpha value is -0.300. The van der Waals surface area contributed by atoms with E-state index in [4.69, 9.17) is 11.6 Å². The quantitative estimate of drug-likeness (QED) is 0.419. The lowest BCUT2D eigenvalue weighted by molar-refractivity contribution is -0.115. The van der Waals surface area contributed by atoms with E-state index in [9.17, 15) is 4.79 Å². The molecule has 0 heterocycles. The third-order valence-electron chi connectivity index (χ3n) is 2.57. The van der Waals surface area contributed by atoms with Crippen molar-refractivity contribution in [3.05, 3.63) is 12.2 Å². The predicted octanol–water partition coefficient (Wildman–Crippen LogP) is 1.96. The van der Waals surface area contributed by atoms with E-state index in [0.717, 1.165) is 12.8 Å². The van der Waals surface area contributed by atoms with Gasteiger partial charge in [-0.15, -0.1) is 0 Å². The highest BCUT2D eigenvalue weighted by atomic mass is 35.5. The molecule has 2 bridgehead atoms. The second-order valence-corrected chi connectivity index (χ2v) is 3.56. The third-order valence-corrected chi connectivity index (χ3v) is 2.85. The molecule has 2 rings (SSSR count). The van der Waals surface area contributed by atoms with Crippen molar-refractivity contribution < 1.29 is 4.79 Å². The fourth-order valence-electron chi connectivity index (χ4n) is 2.04. The highest BCUT2D eigenvalue weighted by molar-refractivity contribution is 6.64. The molecule has 2 aliphatic carbocycles. The summed E-state index contributed by atoms with van der Waals surface area (Å²) in [6.45, 7) is 0. The Morgan fingerprint density at radius 2 is 2.20 bits per heavy atom. The van der Waals surface area contributed by atoms with Crippen molar-refractivity contribution in [2.24, 2.45) is 17.8 Å². The van der Waals surface area contributed by atoms with Crippen LogP contribution in [0.1, 0.15) is 12.8 Å². The first-order valence-electron chi connectivity index (χ1n) is 3.65. The second kappa shape index (κ2) is 2.09. The van der Waals surface area contributed by atoms with Crippen LogP contribution in [0.2, 0.25) is 0 Å². The molecule has 0 unspecified atom stereocenters. The highest BCUT2D eigenvalue weighted by Gasteiger charge is 2.38. The Balaban J connectivity index is 2.16. The summed E-state index contributed by atoms with van der Waals surface area (Å²) < 4.78 is 0. The minimum atomic E-state index is -0.142. The van der Waals surface area contributed by atoms with E-state index in [2.05, 4.69) is 12.2 Å². The Morgan fingerprint density at radius 3 is 2.50 bits per heavy atom. The lowest BCUT2D eigenvalue weighted by Gasteiger charge is -2.11. The molecule has 0 aromatic heterocycles. The maximum Gasteiger partial charge on any atom is 0.225 e. The summed E-state index contributed by atoms with van der Waals surface area (Å²) in [4.78, 5) is 10.8. The normalized spacial score (nSPS) is 42.7. The molecule has 1 nitrogen and oxygen atoms in total. The molecule has 0 aromatic rings. The molecule has 3 atom stereocenters. The number of allylic oxidation sites excluding steroid dienone is 2. The van der Waals surface area contributed by atoms with Crippen LogP contribution in [0.4, 0.5) is 0 Å². The van der Waals surface area contributed by atoms with Gasteiger partial charge in [0.15, 0.2) is 0 Å². The number of hydrogen-bond acceptors (Lipinski definition) is 1. The molecule has 54 valence electrons. The summed E-state index contributed by atoms with van der Waals surface area (Å²) in [5.41, 5.74) is 0. The van der Waals surface area contributed by atoms with Crippen molar-refractivity contribution >= 4 is 16.8 Å². The lowest BCUT2D eigenvalue weighted by Crippen LogP contribution is -2.13. The van der Waals surface area contributed by atoms with E-state index in [1.54, 1.807) is 0 Å². The molecule has 0 saturated heterocycles. The zero-order valence-electron chi connectivity index (χ0n) is 5.59. The number of halogens is 1. The van der Waals surface area contributed by atoms with Gasteiger partial charge in [-0.25, -0.2) is 0 Å². The van der Waals surface area contributed by atoms with Gasteiger partial charge >= 0.3 is 0 Å². The first-order chi connectivity index (χ1) is 4.77. The average Bonchev–Trinajstić information content (AvgIpc) is 2.44. The van der Waals surface area contributed by atoms with Crippen LogP contribution in [0.3, 0.4) is 0 Å². The third kappa shape index (κ3) is 0.807. The van der Waals surface area contributed by atoms with Crippen molar-refractivity contribution in [2.45, 2.75) is 12.8 Å². The van der Waals surface area contributed by atoms with Crippen molar-refractivity contribution in [3.8, 4) is 0 Å². The molecular formula is C8H9ClO. The topological polar surface area (TPSA) is 17.1 Å². The smallest absolute Gasteiger partial charge is 0.225 e. The van der Waals surface area contributed by atoms with E-state index >= 15 is 0 Å². The van der Waals surface area contributed by atoms with Crippen molar-refractivity contribution in [1.29, 1.82) is 0 Å². The highest BCUT2D eigenvalue weighted by Crippen LogP contribution is 2.44. The van der Waals surface area contributed by atoms with E-state index in [0.29, 0.717) is 11.8 Å². The molecule has 2 aliphatic rings. The Kier molecular flexibility index (Phi) is 1.34. The number of hydrogen-bond donors (Lipinski definition) is 0. The summed E-state index contributed by atoms with van der Waals surface area (Å²) in [5, 5.41) is -0.142. The molecule has 10 heavy (non-hydrogen) atoms. The monoisotopic (exact) mass is 156 g/mol. The van der Waals surface area contributed by atoms with Crippen molar-refractivity contribution in [1.82, 2.24) is 0 Å². The SMILES string of the molecule is O=C(Cl)[C@H]1C[C@H]2C=C[C@@H]1C2. The molecular weight excluding hydrogens is 148 g/mol. The summed E-state index contributed by atoms with van der Waals surface area (Å²) in [5.74, 6) is 1.25. The van der Waals surface area contributed by atoms with E-state index in [1.165, 1.54) is 0 Å². The number of fused-ring (bicyclic) bond motifs is 2. The summed E-state index contributed by atoms with van der Waals surface area (Å²) in [6, 6.07) is 0. The van der Waals surface area contributed by atoms with Gasteiger partial charge in [0.1, 0.15) is 0 Å². The second-order valence-electron chi connectivity index (χ2n) is 3.19. The lowest BCUT2D eigenvalue weighted by atomic mass is 9.95. The van der Waals surface area contributed by atoms with Crippen LogP contribution in [0, 0.1) is 17.8 Å². The van der Waals surface area contributed by atoms with E-state index in [-0.39, 0.29) is 11.2 Å². The van der Waals surface area contributed by atoms with Gasteiger partial charge < -0.3 is 0 Å². The largest absolute Gasteiger partial charge is 0.281 e. The van der Waals surface area contributed by atoms with Crippen molar-refractivity contribution in [3.63, 3.8) is 0 Å². The van der Waals surface area contributed by atoms with Crippen LogP contribution in [-0.2, 0) is 4.79 Å². The fraction of sp³-hybridized carbons (Fsp3) is 0.625. The average molecular weight is 157 g/mol. The van der Waals surface area contributed by atoms with Gasteiger partial charge in [-0.1, -0.05) is 12.2 Å². The Bertz CT molecular complexity index is 197. The van der Waals surface area contributed by atoms with Crippen LogP contribution in [-0.4, -0.2) is 5.24 Å². The van der Waals surface area contributed by atoms with E-state index in [1.807, 2.05) is 0 Å². The van der Waals surface area contributed by atoms with Gasteiger partial charge in [-0.3, -0.25) is 4.79 Å². The van der Waals surface area contributed by atoms with Crippen molar-refractivity contribution in [2.75, 3.05) is 0 Å². The van der Waals surface area contributed by atoms with Crippen LogP contribution in [0.15, 0.2) is 12.2 Å². The first-order valence-corrected chi connectivity index (χ1v) is 4.03. The van der Waals surface area contributed by atoms with E-state index < -0.39 is 0 Å². The van der Waals surface area contributed by atoms with Gasteiger partial charge in [0.2, 0.25) is 5.24 Å². The molecule has 0 aromatic carbocycles. The van der Waals surface area contributed by atoms with Gasteiger partial charge in [-0.05, 0) is 36.3 Å². The summed E-state index contributed by atoms with van der Waals surface area (Å²) in [7, 11) is 0. The number of carbonyl (C=O) groups is 1. The number of carbonyl (C=O) groups excluding carboxylic acids is 1. The molecule has 0 radical (unpaired) electrons. The van der Waals surface area contributed by atoms with Crippen LogP contribution in [0.5, 0.6) is 0 Å². The zero-order valence-corrected chi connectivity index (χ0v) is 6.34.